The minimum atomic E-state index is -0.689. The average molecular weight is 483 g/mol. The van der Waals surface area contributed by atoms with Crippen molar-refractivity contribution < 1.29 is 9.59 Å². The molecular formula is C27H26N6O3. The summed E-state index contributed by atoms with van der Waals surface area (Å²) in [5.41, 5.74) is 2.37. The van der Waals surface area contributed by atoms with E-state index >= 15 is 0 Å². The summed E-state index contributed by atoms with van der Waals surface area (Å²) in [6.45, 7) is 8.76. The lowest BCUT2D eigenvalue weighted by atomic mass is 10.0. The van der Waals surface area contributed by atoms with Crippen molar-refractivity contribution in [3.8, 4) is 11.1 Å². The fourth-order valence-corrected chi connectivity index (χ4v) is 4.55. The Morgan fingerprint density at radius 3 is 2.61 bits per heavy atom. The van der Waals surface area contributed by atoms with Crippen molar-refractivity contribution in [2.24, 2.45) is 7.05 Å². The third kappa shape index (κ3) is 4.19. The van der Waals surface area contributed by atoms with Crippen LogP contribution in [0, 0.1) is 0 Å². The number of aryl methyl sites for hydroxylation is 1. The summed E-state index contributed by atoms with van der Waals surface area (Å²) in [6, 6.07) is 11.2. The van der Waals surface area contributed by atoms with Gasteiger partial charge in [0.25, 0.3) is 17.4 Å². The number of carbonyl (C=O) groups is 2. The van der Waals surface area contributed by atoms with E-state index in [4.69, 9.17) is 0 Å². The first-order valence-electron chi connectivity index (χ1n) is 11.8. The van der Waals surface area contributed by atoms with Gasteiger partial charge in [-0.1, -0.05) is 37.4 Å². The van der Waals surface area contributed by atoms with Crippen molar-refractivity contribution in [1.82, 2.24) is 29.5 Å². The first kappa shape index (κ1) is 23.2. The van der Waals surface area contributed by atoms with Crippen LogP contribution in [-0.2, 0) is 16.6 Å². The van der Waals surface area contributed by atoms with Gasteiger partial charge in [-0.2, -0.15) is 5.10 Å². The number of fused-ring (bicyclic) bond motifs is 2. The molecule has 1 saturated heterocycles. The van der Waals surface area contributed by atoms with E-state index in [1.807, 2.05) is 37.5 Å². The number of likely N-dealkylation sites (tertiary alicyclic amines) is 1. The number of amides is 2. The number of nitrogens with zero attached hydrogens (tertiary/aromatic N) is 5. The summed E-state index contributed by atoms with van der Waals surface area (Å²) < 4.78 is 2.84. The number of para-hydroxylation sites is 1. The van der Waals surface area contributed by atoms with Crippen LogP contribution in [0.25, 0.3) is 38.6 Å². The summed E-state index contributed by atoms with van der Waals surface area (Å²) >= 11 is 0. The lowest BCUT2D eigenvalue weighted by Gasteiger charge is -2.27. The molecule has 2 amide bonds. The van der Waals surface area contributed by atoms with Gasteiger partial charge in [-0.25, -0.2) is 4.98 Å². The molecule has 0 spiro atoms. The molecule has 2 aromatic heterocycles. The molecule has 0 atom stereocenters. The summed E-state index contributed by atoms with van der Waals surface area (Å²) in [5, 5.41) is 8.30. The number of hydrogen-bond donors (Lipinski definition) is 1. The van der Waals surface area contributed by atoms with Crippen molar-refractivity contribution in [1.29, 1.82) is 0 Å². The lowest BCUT2D eigenvalue weighted by molar-refractivity contribution is -0.129. The number of benzene rings is 2. The highest BCUT2D eigenvalue weighted by Gasteiger charge is 2.22. The first-order valence-corrected chi connectivity index (χ1v) is 11.8. The quantitative estimate of drug-likeness (QED) is 0.441. The number of carbonyl (C=O) groups excluding carboxylic acids is 2. The van der Waals surface area contributed by atoms with Gasteiger partial charge in [0.2, 0.25) is 0 Å². The van der Waals surface area contributed by atoms with Crippen molar-refractivity contribution >= 4 is 39.3 Å². The van der Waals surface area contributed by atoms with E-state index < -0.39 is 11.5 Å². The van der Waals surface area contributed by atoms with Crippen LogP contribution in [0.15, 0.2) is 72.6 Å². The van der Waals surface area contributed by atoms with Gasteiger partial charge < -0.3 is 10.2 Å². The number of nitrogens with one attached hydrogen (secondary N) is 1. The van der Waals surface area contributed by atoms with Gasteiger partial charge in [-0.3, -0.25) is 23.6 Å². The van der Waals surface area contributed by atoms with E-state index in [-0.39, 0.29) is 17.3 Å². The Morgan fingerprint density at radius 2 is 1.83 bits per heavy atom. The third-order valence-electron chi connectivity index (χ3n) is 6.44. The lowest BCUT2D eigenvalue weighted by Crippen LogP contribution is -2.41. The second-order valence-corrected chi connectivity index (χ2v) is 8.93. The Bertz CT molecular complexity index is 1610. The predicted molar refractivity (Wildman–Crippen MR) is 139 cm³/mol. The maximum absolute atomic E-state index is 13.3. The molecule has 1 aliphatic heterocycles. The van der Waals surface area contributed by atoms with Crippen LogP contribution in [0.1, 0.15) is 19.3 Å². The topological polar surface area (TPSA) is 102 Å². The highest BCUT2D eigenvalue weighted by atomic mass is 16.2. The summed E-state index contributed by atoms with van der Waals surface area (Å²) in [4.78, 5) is 44.9. The summed E-state index contributed by atoms with van der Waals surface area (Å²) in [7, 11) is 1.86. The molecule has 5 rings (SSSR count). The van der Waals surface area contributed by atoms with Gasteiger partial charge in [0.15, 0.2) is 0 Å². The van der Waals surface area contributed by atoms with Crippen molar-refractivity contribution in [3.05, 3.63) is 78.1 Å². The zero-order valence-electron chi connectivity index (χ0n) is 20.0. The normalized spacial score (nSPS) is 13.6. The van der Waals surface area contributed by atoms with Gasteiger partial charge in [0.05, 0.1) is 22.1 Å². The van der Waals surface area contributed by atoms with E-state index in [9.17, 15) is 14.4 Å². The van der Waals surface area contributed by atoms with Crippen LogP contribution in [-0.4, -0.2) is 49.1 Å². The molecule has 0 radical (unpaired) electrons. The molecule has 36 heavy (non-hydrogen) atoms. The maximum atomic E-state index is 13.3. The molecule has 1 N–H and O–H groups in total. The van der Waals surface area contributed by atoms with Crippen molar-refractivity contribution in [3.63, 3.8) is 0 Å². The predicted octanol–water partition coefficient (Wildman–Crippen LogP) is 3.06. The molecule has 0 aliphatic carbocycles. The molecule has 1 aliphatic rings. The Morgan fingerprint density at radius 1 is 1.06 bits per heavy atom. The Labute approximate surface area is 207 Å². The number of hydrogen-bond acceptors (Lipinski definition) is 5. The Hall–Kier alpha value is -4.53. The molecule has 0 bridgehead atoms. The van der Waals surface area contributed by atoms with E-state index in [1.54, 1.807) is 21.7 Å². The van der Waals surface area contributed by atoms with Crippen LogP contribution >= 0.6 is 0 Å². The SMILES string of the molecule is C=C(NC(=O)C(=C)n1cnc2c(-c3ccc4cn(C)nc4c3)cccc2c1=O)C(=O)N1CCCCC1. The molecule has 0 unspecified atom stereocenters. The fraction of sp³-hybridized carbons (Fsp3) is 0.222. The van der Waals surface area contributed by atoms with Crippen LogP contribution in [0.3, 0.4) is 0 Å². The summed E-state index contributed by atoms with van der Waals surface area (Å²) in [6.07, 6.45) is 6.15. The average Bonchev–Trinajstić information content (AvgIpc) is 3.27. The molecular weight excluding hydrogens is 456 g/mol. The molecule has 4 aromatic rings. The largest absolute Gasteiger partial charge is 0.337 e. The standard InChI is InChI=1S/C27H26N6O3/c1-17(26(35)32-12-5-4-6-13-32)29-25(34)18(2)33-16-28-24-21(8-7-9-22(24)27(33)36)19-10-11-20-15-31(3)30-23(20)14-19/h7-11,14-16H,1-2,4-6,12-13H2,3H3,(H,29,34). The van der Waals surface area contributed by atoms with E-state index in [0.717, 1.165) is 45.9 Å². The van der Waals surface area contributed by atoms with E-state index in [0.29, 0.717) is 24.0 Å². The van der Waals surface area contributed by atoms with Gasteiger partial charge in [-0.15, -0.1) is 0 Å². The molecule has 182 valence electrons. The number of aromatic nitrogens is 4. The summed E-state index contributed by atoms with van der Waals surface area (Å²) in [5.74, 6) is -1.01. The molecule has 9 nitrogen and oxygen atoms in total. The van der Waals surface area contributed by atoms with Gasteiger partial charge in [-0.05, 0) is 37.0 Å². The molecule has 1 fully saturated rings. The van der Waals surface area contributed by atoms with Crippen LogP contribution in [0.5, 0.6) is 0 Å². The number of rotatable bonds is 5. The Balaban J connectivity index is 1.42. The van der Waals surface area contributed by atoms with Gasteiger partial charge in [0.1, 0.15) is 12.0 Å². The minimum absolute atomic E-state index is 0.0444. The molecule has 0 saturated carbocycles. The van der Waals surface area contributed by atoms with Crippen LogP contribution in [0.4, 0.5) is 0 Å². The fourth-order valence-electron chi connectivity index (χ4n) is 4.55. The highest BCUT2D eigenvalue weighted by molar-refractivity contribution is 6.15. The second kappa shape index (κ2) is 9.26. The molecule has 2 aromatic carbocycles. The maximum Gasteiger partial charge on any atom is 0.272 e. The van der Waals surface area contributed by atoms with Crippen molar-refractivity contribution in [2.45, 2.75) is 19.3 Å². The smallest absolute Gasteiger partial charge is 0.272 e. The van der Waals surface area contributed by atoms with Gasteiger partial charge in [0, 0.05) is 37.3 Å². The second-order valence-electron chi connectivity index (χ2n) is 8.93. The number of piperidine rings is 1. The first-order chi connectivity index (χ1) is 17.3. The highest BCUT2D eigenvalue weighted by Crippen LogP contribution is 2.28. The van der Waals surface area contributed by atoms with Crippen molar-refractivity contribution in [2.75, 3.05) is 13.1 Å². The third-order valence-corrected chi connectivity index (χ3v) is 6.44. The molecule has 3 heterocycles. The zero-order valence-corrected chi connectivity index (χ0v) is 20.0. The Kier molecular flexibility index (Phi) is 5.97. The van der Waals surface area contributed by atoms with Crippen LogP contribution < -0.4 is 10.9 Å². The molecule has 9 heteroatoms. The monoisotopic (exact) mass is 482 g/mol. The zero-order chi connectivity index (χ0) is 25.4. The minimum Gasteiger partial charge on any atom is -0.337 e. The van der Waals surface area contributed by atoms with E-state index in [2.05, 4.69) is 28.6 Å². The van der Waals surface area contributed by atoms with E-state index in [1.165, 1.54) is 6.33 Å². The van der Waals surface area contributed by atoms with Crippen LogP contribution in [0.2, 0.25) is 0 Å². The van der Waals surface area contributed by atoms with Gasteiger partial charge >= 0.3 is 0 Å².